The van der Waals surface area contributed by atoms with Crippen LogP contribution in [0.25, 0.3) is 0 Å². The van der Waals surface area contributed by atoms with E-state index in [1.807, 2.05) is 61.5 Å². The summed E-state index contributed by atoms with van der Waals surface area (Å²) in [5.74, 6) is 5.81. The number of aryl methyl sites for hydroxylation is 1. The molecule has 0 aliphatic carbocycles. The molecular weight excluding hydrogens is 208 g/mol. The normalized spacial score (nSPS) is 11.4. The summed E-state index contributed by atoms with van der Waals surface area (Å²) in [5, 5.41) is 9.86. The quantitative estimate of drug-likeness (QED) is 0.735. The summed E-state index contributed by atoms with van der Waals surface area (Å²) in [6.07, 6.45) is -0.725. The predicted molar refractivity (Wildman–Crippen MR) is 69.5 cm³/mol. The van der Waals surface area contributed by atoms with Gasteiger partial charge in [0.05, 0.1) is 0 Å². The lowest BCUT2D eigenvalue weighted by atomic mass is 10.1. The lowest BCUT2D eigenvalue weighted by Gasteiger charge is -2.01. The second kappa shape index (κ2) is 5.34. The number of benzene rings is 2. The molecule has 0 spiro atoms. The number of aliphatic hydroxyl groups is 1. The van der Waals surface area contributed by atoms with Crippen LogP contribution < -0.4 is 0 Å². The second-order valence-corrected chi connectivity index (χ2v) is 3.95. The summed E-state index contributed by atoms with van der Waals surface area (Å²) in [4.78, 5) is 0. The highest BCUT2D eigenvalue weighted by Gasteiger charge is 2.00. The van der Waals surface area contributed by atoms with Crippen LogP contribution >= 0.6 is 0 Å². The van der Waals surface area contributed by atoms with Gasteiger partial charge < -0.3 is 5.11 Å². The molecule has 2 aromatic rings. The minimum atomic E-state index is -0.725. The minimum Gasteiger partial charge on any atom is -0.376 e. The Bertz CT molecular complexity index is 529. The van der Waals surface area contributed by atoms with Crippen LogP contribution in [0.2, 0.25) is 0 Å². The van der Waals surface area contributed by atoms with Crippen molar-refractivity contribution in [3.05, 3.63) is 71.3 Å². The lowest BCUT2D eigenvalue weighted by molar-refractivity contribution is 0.238. The predicted octanol–water partition coefficient (Wildman–Crippen LogP) is 3.08. The molecule has 1 nitrogen and oxygen atoms in total. The number of aliphatic hydroxyl groups excluding tert-OH is 1. The van der Waals surface area contributed by atoms with Crippen molar-refractivity contribution in [1.29, 1.82) is 0 Å². The number of hydrogen-bond acceptors (Lipinski definition) is 1. The molecule has 0 radical (unpaired) electrons. The molecule has 0 aromatic heterocycles. The third-order valence-electron chi connectivity index (χ3n) is 2.52. The van der Waals surface area contributed by atoms with E-state index in [4.69, 9.17) is 0 Å². The first kappa shape index (κ1) is 11.4. The van der Waals surface area contributed by atoms with E-state index >= 15 is 0 Å². The Balaban J connectivity index is 2.14. The van der Waals surface area contributed by atoms with Crippen molar-refractivity contribution in [2.45, 2.75) is 13.0 Å². The maximum Gasteiger partial charge on any atom is 0.140 e. The van der Waals surface area contributed by atoms with E-state index in [0.29, 0.717) is 0 Å². The fourth-order valence-corrected chi connectivity index (χ4v) is 1.51. The molecule has 2 aromatic carbocycles. The molecule has 0 aliphatic heterocycles. The van der Waals surface area contributed by atoms with Crippen molar-refractivity contribution >= 4 is 0 Å². The lowest BCUT2D eigenvalue weighted by Crippen LogP contribution is -1.92. The fraction of sp³-hybridized carbons (Fsp3) is 0.125. The van der Waals surface area contributed by atoms with Crippen LogP contribution in [0.15, 0.2) is 54.6 Å². The molecule has 0 fully saturated rings. The molecule has 0 saturated carbocycles. The average molecular weight is 222 g/mol. The molecule has 1 heteroatoms. The summed E-state index contributed by atoms with van der Waals surface area (Å²) in [5.41, 5.74) is 2.96. The molecule has 1 atom stereocenters. The van der Waals surface area contributed by atoms with Gasteiger partial charge in [-0.1, -0.05) is 59.9 Å². The highest BCUT2D eigenvalue weighted by molar-refractivity contribution is 5.38. The van der Waals surface area contributed by atoms with Gasteiger partial charge in [-0.05, 0) is 24.6 Å². The highest BCUT2D eigenvalue weighted by Crippen LogP contribution is 2.10. The smallest absolute Gasteiger partial charge is 0.140 e. The Hall–Kier alpha value is -2.04. The third kappa shape index (κ3) is 3.21. The van der Waals surface area contributed by atoms with Gasteiger partial charge in [-0.3, -0.25) is 0 Å². The minimum absolute atomic E-state index is 0.725. The summed E-state index contributed by atoms with van der Waals surface area (Å²) >= 11 is 0. The van der Waals surface area contributed by atoms with Crippen molar-refractivity contribution in [2.24, 2.45) is 0 Å². The van der Waals surface area contributed by atoms with Crippen LogP contribution in [0, 0.1) is 18.8 Å². The van der Waals surface area contributed by atoms with Crippen LogP contribution in [0.4, 0.5) is 0 Å². The molecule has 0 amide bonds. The van der Waals surface area contributed by atoms with Gasteiger partial charge >= 0.3 is 0 Å². The molecule has 0 unspecified atom stereocenters. The molecule has 17 heavy (non-hydrogen) atoms. The van der Waals surface area contributed by atoms with Crippen LogP contribution in [0.5, 0.6) is 0 Å². The van der Waals surface area contributed by atoms with Crippen LogP contribution in [-0.2, 0) is 0 Å². The Kier molecular flexibility index (Phi) is 3.59. The van der Waals surface area contributed by atoms with Crippen molar-refractivity contribution in [3.8, 4) is 11.8 Å². The van der Waals surface area contributed by atoms with E-state index in [1.165, 1.54) is 5.56 Å². The Morgan fingerprint density at radius 1 is 0.941 bits per heavy atom. The number of rotatable bonds is 1. The zero-order valence-electron chi connectivity index (χ0n) is 9.72. The first-order chi connectivity index (χ1) is 8.25. The van der Waals surface area contributed by atoms with Gasteiger partial charge in [-0.2, -0.15) is 0 Å². The number of hydrogen-bond donors (Lipinski definition) is 1. The molecule has 0 saturated heterocycles. The van der Waals surface area contributed by atoms with E-state index in [2.05, 4.69) is 11.8 Å². The summed E-state index contributed by atoms with van der Waals surface area (Å²) in [6, 6.07) is 17.4. The summed E-state index contributed by atoms with van der Waals surface area (Å²) < 4.78 is 0. The van der Waals surface area contributed by atoms with Gasteiger partial charge in [0.15, 0.2) is 0 Å². The summed E-state index contributed by atoms with van der Waals surface area (Å²) in [7, 11) is 0. The van der Waals surface area contributed by atoms with E-state index in [0.717, 1.165) is 11.1 Å². The van der Waals surface area contributed by atoms with Crippen LogP contribution in [0.3, 0.4) is 0 Å². The van der Waals surface area contributed by atoms with E-state index in [9.17, 15) is 5.11 Å². The van der Waals surface area contributed by atoms with Crippen LogP contribution in [0.1, 0.15) is 22.8 Å². The maximum atomic E-state index is 9.86. The Morgan fingerprint density at radius 3 is 2.24 bits per heavy atom. The summed E-state index contributed by atoms with van der Waals surface area (Å²) in [6.45, 7) is 2.04. The fourth-order valence-electron chi connectivity index (χ4n) is 1.51. The van der Waals surface area contributed by atoms with Crippen molar-refractivity contribution in [1.82, 2.24) is 0 Å². The van der Waals surface area contributed by atoms with Gasteiger partial charge in [-0.25, -0.2) is 0 Å². The zero-order chi connectivity index (χ0) is 12.1. The average Bonchev–Trinajstić information content (AvgIpc) is 2.39. The molecule has 2 rings (SSSR count). The SMILES string of the molecule is Cc1ccc(C#C[C@H](O)c2ccccc2)cc1. The molecule has 0 bridgehead atoms. The Labute approximate surface area is 102 Å². The van der Waals surface area contributed by atoms with Gasteiger partial charge in [0.2, 0.25) is 0 Å². The molecule has 0 heterocycles. The molecule has 0 aliphatic rings. The molecule has 1 N–H and O–H groups in total. The topological polar surface area (TPSA) is 20.2 Å². The first-order valence-corrected chi connectivity index (χ1v) is 5.57. The largest absolute Gasteiger partial charge is 0.376 e. The van der Waals surface area contributed by atoms with E-state index in [1.54, 1.807) is 0 Å². The van der Waals surface area contributed by atoms with E-state index < -0.39 is 6.10 Å². The van der Waals surface area contributed by atoms with Gasteiger partial charge in [0.25, 0.3) is 0 Å². The molecular formula is C16H14O. The van der Waals surface area contributed by atoms with E-state index in [-0.39, 0.29) is 0 Å². The highest BCUT2D eigenvalue weighted by atomic mass is 16.3. The Morgan fingerprint density at radius 2 is 1.59 bits per heavy atom. The zero-order valence-corrected chi connectivity index (χ0v) is 9.72. The van der Waals surface area contributed by atoms with Gasteiger partial charge in [0.1, 0.15) is 6.10 Å². The van der Waals surface area contributed by atoms with Crippen molar-refractivity contribution in [3.63, 3.8) is 0 Å². The second-order valence-electron chi connectivity index (χ2n) is 3.95. The van der Waals surface area contributed by atoms with Gasteiger partial charge in [0, 0.05) is 5.56 Å². The monoisotopic (exact) mass is 222 g/mol. The van der Waals surface area contributed by atoms with Crippen molar-refractivity contribution in [2.75, 3.05) is 0 Å². The van der Waals surface area contributed by atoms with Crippen molar-refractivity contribution < 1.29 is 5.11 Å². The molecule has 84 valence electrons. The van der Waals surface area contributed by atoms with Crippen LogP contribution in [-0.4, -0.2) is 5.11 Å². The van der Waals surface area contributed by atoms with Gasteiger partial charge in [-0.15, -0.1) is 0 Å². The first-order valence-electron chi connectivity index (χ1n) is 5.57. The maximum absolute atomic E-state index is 9.86. The standard InChI is InChI=1S/C16H14O/c1-13-7-9-14(10-8-13)11-12-16(17)15-5-3-2-4-6-15/h2-10,16-17H,1H3/t16-/m0/s1. The third-order valence-corrected chi connectivity index (χ3v) is 2.52.